The normalized spacial score (nSPS) is 24.6. The summed E-state index contributed by atoms with van der Waals surface area (Å²) in [7, 11) is 0. The number of carbonyl (C=O) groups is 1. The standard InChI is InChI=1S/C26H33Cl2NO4/c1-16-12-23(19-4-3-5-21(28)13-19)24(29-25(16)33)26(17(2)31,14-22(32)15-30)11-10-18-6-8-20(27)9-7-18/h3-9,13,16-17,22-24,30-32H,10-12,14-15H2,1-2H3,(H,29,33)/t16-,17+,22-,23-,24+,26+/m1/s1. The van der Waals surface area contributed by atoms with Gasteiger partial charge >= 0.3 is 0 Å². The second kappa shape index (κ2) is 11.2. The fourth-order valence-corrected chi connectivity index (χ4v) is 5.51. The van der Waals surface area contributed by atoms with Crippen LogP contribution in [0.5, 0.6) is 0 Å². The van der Waals surface area contributed by atoms with E-state index in [2.05, 4.69) is 5.32 Å². The molecule has 5 nitrogen and oxygen atoms in total. The molecular formula is C26H33Cl2NO4. The first-order valence-corrected chi connectivity index (χ1v) is 12.2. The van der Waals surface area contributed by atoms with Crippen LogP contribution in [-0.2, 0) is 11.2 Å². The zero-order valence-corrected chi connectivity index (χ0v) is 20.6. The summed E-state index contributed by atoms with van der Waals surface area (Å²) >= 11 is 12.3. The van der Waals surface area contributed by atoms with Crippen LogP contribution in [0.25, 0.3) is 0 Å². The molecule has 0 spiro atoms. The summed E-state index contributed by atoms with van der Waals surface area (Å²) in [5.74, 6) is -0.383. The van der Waals surface area contributed by atoms with E-state index >= 15 is 0 Å². The van der Waals surface area contributed by atoms with Crippen LogP contribution >= 0.6 is 23.2 Å². The van der Waals surface area contributed by atoms with Crippen LogP contribution in [0, 0.1) is 11.3 Å². The van der Waals surface area contributed by atoms with Crippen molar-refractivity contribution in [2.24, 2.45) is 11.3 Å². The molecular weight excluding hydrogens is 461 g/mol. The molecule has 3 rings (SSSR count). The van der Waals surface area contributed by atoms with E-state index in [0.717, 1.165) is 11.1 Å². The molecule has 180 valence electrons. The predicted molar refractivity (Wildman–Crippen MR) is 132 cm³/mol. The molecule has 1 aliphatic rings. The number of hydrogen-bond acceptors (Lipinski definition) is 4. The van der Waals surface area contributed by atoms with E-state index in [4.69, 9.17) is 23.2 Å². The van der Waals surface area contributed by atoms with Gasteiger partial charge in [-0.15, -0.1) is 0 Å². The minimum Gasteiger partial charge on any atom is -0.394 e. The number of aliphatic hydroxyl groups excluding tert-OH is 3. The molecule has 0 saturated carbocycles. The van der Waals surface area contributed by atoms with E-state index in [1.807, 2.05) is 55.5 Å². The Morgan fingerprint density at radius 2 is 1.82 bits per heavy atom. The molecule has 2 aromatic carbocycles. The van der Waals surface area contributed by atoms with Crippen molar-refractivity contribution < 1.29 is 20.1 Å². The van der Waals surface area contributed by atoms with Crippen molar-refractivity contribution in [3.8, 4) is 0 Å². The van der Waals surface area contributed by atoms with Crippen LogP contribution in [0.1, 0.15) is 50.2 Å². The maximum Gasteiger partial charge on any atom is 0.223 e. The highest BCUT2D eigenvalue weighted by Gasteiger charge is 2.50. The summed E-state index contributed by atoms with van der Waals surface area (Å²) < 4.78 is 0. The summed E-state index contributed by atoms with van der Waals surface area (Å²) in [6, 6.07) is 14.7. The number of halogens is 2. The third-order valence-electron chi connectivity index (χ3n) is 7.10. The topological polar surface area (TPSA) is 89.8 Å². The number of rotatable bonds is 9. The van der Waals surface area contributed by atoms with Gasteiger partial charge in [0.1, 0.15) is 0 Å². The molecule has 0 unspecified atom stereocenters. The Labute approximate surface area is 205 Å². The van der Waals surface area contributed by atoms with Gasteiger partial charge in [-0.2, -0.15) is 0 Å². The van der Waals surface area contributed by atoms with Gasteiger partial charge in [-0.1, -0.05) is 54.4 Å². The highest BCUT2D eigenvalue weighted by atomic mass is 35.5. The van der Waals surface area contributed by atoms with E-state index in [9.17, 15) is 20.1 Å². The van der Waals surface area contributed by atoms with Gasteiger partial charge in [-0.3, -0.25) is 4.79 Å². The first-order chi connectivity index (χ1) is 15.7. The van der Waals surface area contributed by atoms with Crippen molar-refractivity contribution in [3.63, 3.8) is 0 Å². The molecule has 0 aromatic heterocycles. The van der Waals surface area contributed by atoms with Gasteiger partial charge in [-0.25, -0.2) is 0 Å². The predicted octanol–water partition coefficient (Wildman–Crippen LogP) is 4.34. The number of nitrogens with one attached hydrogen (secondary N) is 1. The Morgan fingerprint density at radius 3 is 2.42 bits per heavy atom. The monoisotopic (exact) mass is 493 g/mol. The van der Waals surface area contributed by atoms with Gasteiger partial charge in [0.15, 0.2) is 0 Å². The second-order valence-corrected chi connectivity index (χ2v) is 10.2. The number of benzene rings is 2. The highest BCUT2D eigenvalue weighted by molar-refractivity contribution is 6.30. The summed E-state index contributed by atoms with van der Waals surface area (Å²) in [4.78, 5) is 12.8. The smallest absolute Gasteiger partial charge is 0.223 e. The molecule has 7 heteroatoms. The van der Waals surface area contributed by atoms with E-state index in [1.165, 1.54) is 0 Å². The lowest BCUT2D eigenvalue weighted by Gasteiger charge is -2.50. The van der Waals surface area contributed by atoms with Crippen LogP contribution in [0.2, 0.25) is 10.0 Å². The molecule has 1 aliphatic heterocycles. The van der Waals surface area contributed by atoms with Crippen LogP contribution in [0.3, 0.4) is 0 Å². The van der Waals surface area contributed by atoms with E-state index in [-0.39, 0.29) is 24.2 Å². The number of aryl methyl sites for hydroxylation is 1. The Balaban J connectivity index is 2.05. The number of amides is 1. The zero-order valence-electron chi connectivity index (χ0n) is 19.0. The largest absolute Gasteiger partial charge is 0.394 e. The van der Waals surface area contributed by atoms with Crippen LogP contribution in [0.4, 0.5) is 0 Å². The third kappa shape index (κ3) is 6.09. The molecule has 1 fully saturated rings. The lowest BCUT2D eigenvalue weighted by Crippen LogP contribution is -2.60. The van der Waals surface area contributed by atoms with Gasteiger partial charge in [-0.05, 0) is 68.0 Å². The average molecular weight is 494 g/mol. The number of piperidine rings is 1. The van der Waals surface area contributed by atoms with Gasteiger partial charge in [0.05, 0.1) is 18.8 Å². The SMILES string of the molecule is C[C@@H]1C[C@H](c2cccc(Cl)c2)[C@@H]([C@@](CCc2ccc(Cl)cc2)(C[C@@H](O)CO)[C@H](C)O)NC1=O. The minimum absolute atomic E-state index is 0.0757. The molecule has 6 atom stereocenters. The van der Waals surface area contributed by atoms with Crippen molar-refractivity contribution >= 4 is 29.1 Å². The summed E-state index contributed by atoms with van der Waals surface area (Å²) in [5.41, 5.74) is 1.14. The Morgan fingerprint density at radius 1 is 1.12 bits per heavy atom. The van der Waals surface area contributed by atoms with E-state index in [1.54, 1.807) is 6.92 Å². The van der Waals surface area contributed by atoms with Crippen molar-refractivity contribution in [2.75, 3.05) is 6.61 Å². The molecule has 4 N–H and O–H groups in total. The van der Waals surface area contributed by atoms with Crippen molar-refractivity contribution in [2.45, 2.75) is 63.7 Å². The van der Waals surface area contributed by atoms with Gasteiger partial charge < -0.3 is 20.6 Å². The van der Waals surface area contributed by atoms with E-state index < -0.39 is 30.3 Å². The third-order valence-corrected chi connectivity index (χ3v) is 7.59. The lowest BCUT2D eigenvalue weighted by molar-refractivity contribution is -0.133. The van der Waals surface area contributed by atoms with Crippen LogP contribution in [-0.4, -0.2) is 46.1 Å². The van der Waals surface area contributed by atoms with Gasteiger partial charge in [0.2, 0.25) is 5.91 Å². The maximum atomic E-state index is 12.8. The molecule has 33 heavy (non-hydrogen) atoms. The molecule has 1 heterocycles. The van der Waals surface area contributed by atoms with Gasteiger partial charge in [0, 0.05) is 33.3 Å². The molecule has 1 saturated heterocycles. The molecule has 0 aliphatic carbocycles. The van der Waals surface area contributed by atoms with Crippen molar-refractivity contribution in [1.82, 2.24) is 5.32 Å². The summed E-state index contributed by atoms with van der Waals surface area (Å²) in [6.07, 6.45) is -0.0240. The first-order valence-electron chi connectivity index (χ1n) is 11.4. The summed E-state index contributed by atoms with van der Waals surface area (Å²) in [6.45, 7) is 3.17. The number of aliphatic hydroxyl groups is 3. The quantitative estimate of drug-likeness (QED) is 0.418. The molecule has 2 aromatic rings. The van der Waals surface area contributed by atoms with Crippen LogP contribution in [0.15, 0.2) is 48.5 Å². The average Bonchev–Trinajstić information content (AvgIpc) is 2.79. The highest BCUT2D eigenvalue weighted by Crippen LogP contribution is 2.47. The zero-order chi connectivity index (χ0) is 24.2. The van der Waals surface area contributed by atoms with Crippen molar-refractivity contribution in [3.05, 3.63) is 69.7 Å². The lowest BCUT2D eigenvalue weighted by atomic mass is 9.61. The molecule has 0 bridgehead atoms. The number of hydrogen-bond donors (Lipinski definition) is 4. The minimum atomic E-state index is -1.03. The van der Waals surface area contributed by atoms with Crippen molar-refractivity contribution in [1.29, 1.82) is 0 Å². The second-order valence-electron chi connectivity index (χ2n) is 9.36. The Hall–Kier alpha value is -1.63. The fourth-order valence-electron chi connectivity index (χ4n) is 5.19. The molecule has 1 amide bonds. The molecule has 0 radical (unpaired) electrons. The summed E-state index contributed by atoms with van der Waals surface area (Å²) in [5, 5.41) is 35.8. The number of carbonyl (C=O) groups excluding carboxylic acids is 1. The first kappa shape index (κ1) is 26.0. The fraction of sp³-hybridized carbons (Fsp3) is 0.500. The van der Waals surface area contributed by atoms with Gasteiger partial charge in [0.25, 0.3) is 0 Å². The van der Waals surface area contributed by atoms with Crippen LogP contribution < -0.4 is 5.32 Å². The maximum absolute atomic E-state index is 12.8. The Bertz CT molecular complexity index is 936. The Kier molecular flexibility index (Phi) is 8.82. The van der Waals surface area contributed by atoms with E-state index in [0.29, 0.717) is 29.3 Å².